The minimum atomic E-state index is -0.676. The van der Waals surface area contributed by atoms with Crippen LogP contribution in [0.15, 0.2) is 22.8 Å². The zero-order chi connectivity index (χ0) is 15.0. The van der Waals surface area contributed by atoms with E-state index in [9.17, 15) is 9.90 Å². The molecule has 0 unspecified atom stereocenters. The second-order valence-corrected chi connectivity index (χ2v) is 5.80. The van der Waals surface area contributed by atoms with Crippen LogP contribution in [0, 0.1) is 0 Å². The number of hydrogen-bond donors (Lipinski definition) is 2. The van der Waals surface area contributed by atoms with E-state index in [4.69, 9.17) is 9.31 Å². The molecule has 6 nitrogen and oxygen atoms in total. The average Bonchev–Trinajstić information content (AvgIpc) is 2.57. The molecule has 7 heteroatoms. The van der Waals surface area contributed by atoms with E-state index in [1.165, 1.54) is 12.5 Å². The molecule has 2 heterocycles. The molecule has 1 aromatic rings. The summed E-state index contributed by atoms with van der Waals surface area (Å²) >= 11 is 0. The Bertz CT molecular complexity index is 564. The second-order valence-electron chi connectivity index (χ2n) is 5.80. The van der Waals surface area contributed by atoms with Gasteiger partial charge in [0.25, 0.3) is 5.56 Å². The maximum Gasteiger partial charge on any atom is 0.492 e. The zero-order valence-electron chi connectivity index (χ0n) is 12.1. The van der Waals surface area contributed by atoms with Crippen LogP contribution in [0.1, 0.15) is 33.3 Å². The summed E-state index contributed by atoms with van der Waals surface area (Å²) in [5, 5.41) is 9.52. The molecule has 1 saturated heterocycles. The molecule has 2 rings (SSSR count). The van der Waals surface area contributed by atoms with Crippen molar-refractivity contribution in [2.75, 3.05) is 6.61 Å². The number of aromatic nitrogens is 2. The summed E-state index contributed by atoms with van der Waals surface area (Å²) in [6.45, 7) is 7.46. The highest BCUT2D eigenvalue weighted by Crippen LogP contribution is 2.38. The van der Waals surface area contributed by atoms with Crippen LogP contribution >= 0.6 is 0 Å². The van der Waals surface area contributed by atoms with Gasteiger partial charge >= 0.3 is 7.12 Å². The molecule has 2 N–H and O–H groups in total. The highest BCUT2D eigenvalue weighted by molar-refractivity contribution is 6.55. The molecular formula is C13H19BN2O4. The smallest absolute Gasteiger partial charge is 0.400 e. The van der Waals surface area contributed by atoms with Crippen molar-refractivity contribution in [1.29, 1.82) is 0 Å². The van der Waals surface area contributed by atoms with Gasteiger partial charge in [-0.3, -0.25) is 4.79 Å². The molecule has 1 fully saturated rings. The highest BCUT2D eigenvalue weighted by atomic mass is 16.7. The standard InChI is InChI=1S/C13H19BN2O4/c1-12(2)13(3,4)20-14(19-12)10(7-17)5-9-6-15-8-16-11(9)18/h5-6,8,17H,7H2,1-4H3,(H,15,16,18). The van der Waals surface area contributed by atoms with Gasteiger partial charge in [0.1, 0.15) is 0 Å². The Hall–Kier alpha value is -1.44. The fraction of sp³-hybridized carbons (Fsp3) is 0.538. The first-order chi connectivity index (χ1) is 9.27. The van der Waals surface area contributed by atoms with Gasteiger partial charge in [-0.25, -0.2) is 4.98 Å². The first kappa shape index (κ1) is 15.0. The summed E-state index contributed by atoms with van der Waals surface area (Å²) in [7, 11) is -0.676. The molecule has 1 aliphatic rings. The lowest BCUT2D eigenvalue weighted by atomic mass is 9.78. The van der Waals surface area contributed by atoms with Crippen molar-refractivity contribution in [2.45, 2.75) is 38.9 Å². The lowest BCUT2D eigenvalue weighted by molar-refractivity contribution is 0.00578. The molecule has 0 saturated carbocycles. The number of H-pyrrole nitrogens is 1. The predicted octanol–water partition coefficient (Wildman–Crippen LogP) is 0.777. The van der Waals surface area contributed by atoms with Gasteiger partial charge in [0.2, 0.25) is 0 Å². The molecule has 0 atom stereocenters. The monoisotopic (exact) mass is 278 g/mol. The number of hydrogen-bond acceptors (Lipinski definition) is 5. The molecule has 1 aliphatic heterocycles. The Balaban J connectivity index is 2.32. The summed E-state index contributed by atoms with van der Waals surface area (Å²) in [6, 6.07) is 0. The van der Waals surface area contributed by atoms with Gasteiger partial charge in [-0.05, 0) is 39.2 Å². The molecular weight excluding hydrogens is 259 g/mol. The summed E-state index contributed by atoms with van der Waals surface area (Å²) in [4.78, 5) is 18.0. The average molecular weight is 278 g/mol. The zero-order valence-corrected chi connectivity index (χ0v) is 12.1. The van der Waals surface area contributed by atoms with Crippen LogP contribution in [0.25, 0.3) is 6.08 Å². The summed E-state index contributed by atoms with van der Waals surface area (Å²) in [6.07, 6.45) is 4.29. The lowest BCUT2D eigenvalue weighted by Crippen LogP contribution is -2.41. The Morgan fingerprint density at radius 2 is 2.00 bits per heavy atom. The van der Waals surface area contributed by atoms with E-state index in [1.54, 1.807) is 6.08 Å². The molecule has 0 amide bonds. The van der Waals surface area contributed by atoms with Gasteiger partial charge in [0, 0.05) is 6.20 Å². The third-order valence-electron chi connectivity index (χ3n) is 3.83. The van der Waals surface area contributed by atoms with Gasteiger partial charge in [-0.15, -0.1) is 0 Å². The normalized spacial score (nSPS) is 21.2. The van der Waals surface area contributed by atoms with Crippen molar-refractivity contribution in [2.24, 2.45) is 0 Å². The number of aromatic amines is 1. The van der Waals surface area contributed by atoms with E-state index in [1.807, 2.05) is 27.7 Å². The van der Waals surface area contributed by atoms with E-state index in [2.05, 4.69) is 9.97 Å². The fourth-order valence-electron chi connectivity index (χ4n) is 1.84. The maximum atomic E-state index is 11.6. The van der Waals surface area contributed by atoms with E-state index < -0.39 is 18.3 Å². The van der Waals surface area contributed by atoms with E-state index in [0.29, 0.717) is 11.0 Å². The lowest BCUT2D eigenvalue weighted by Gasteiger charge is -2.32. The molecule has 108 valence electrons. The van der Waals surface area contributed by atoms with Crippen LogP contribution in [-0.2, 0) is 9.31 Å². The van der Waals surface area contributed by atoms with Gasteiger partial charge in [0.15, 0.2) is 0 Å². The van der Waals surface area contributed by atoms with Crippen LogP contribution < -0.4 is 5.56 Å². The van der Waals surface area contributed by atoms with Crippen molar-refractivity contribution in [3.05, 3.63) is 33.9 Å². The van der Waals surface area contributed by atoms with Gasteiger partial charge in [-0.1, -0.05) is 0 Å². The summed E-state index contributed by atoms with van der Waals surface area (Å²) in [5.74, 6) is 0. The number of nitrogens with one attached hydrogen (secondary N) is 1. The Kier molecular flexibility index (Phi) is 3.86. The maximum absolute atomic E-state index is 11.6. The summed E-state index contributed by atoms with van der Waals surface area (Å²) in [5.41, 5.74) is -0.420. The molecule has 0 radical (unpaired) electrons. The van der Waals surface area contributed by atoms with E-state index >= 15 is 0 Å². The fourth-order valence-corrected chi connectivity index (χ4v) is 1.84. The first-order valence-electron chi connectivity index (χ1n) is 6.46. The number of aliphatic hydroxyl groups is 1. The SMILES string of the molecule is CC1(C)OB(C(=Cc2cnc[nH]c2=O)CO)OC1(C)C. The molecule has 20 heavy (non-hydrogen) atoms. The third-order valence-corrected chi connectivity index (χ3v) is 3.83. The molecule has 0 aliphatic carbocycles. The molecule has 0 spiro atoms. The topological polar surface area (TPSA) is 84.4 Å². The van der Waals surface area contributed by atoms with Crippen LogP contribution in [0.2, 0.25) is 0 Å². The predicted molar refractivity (Wildman–Crippen MR) is 76.0 cm³/mol. The van der Waals surface area contributed by atoms with Gasteiger partial charge in [-0.2, -0.15) is 0 Å². The number of aliphatic hydroxyl groups excluding tert-OH is 1. The quantitative estimate of drug-likeness (QED) is 0.798. The van der Waals surface area contributed by atoms with Crippen LogP contribution in [0.5, 0.6) is 0 Å². The summed E-state index contributed by atoms with van der Waals surface area (Å²) < 4.78 is 11.7. The Morgan fingerprint density at radius 1 is 1.40 bits per heavy atom. The van der Waals surface area contributed by atoms with Gasteiger partial charge < -0.3 is 19.4 Å². The van der Waals surface area contributed by atoms with Crippen molar-refractivity contribution < 1.29 is 14.4 Å². The first-order valence-corrected chi connectivity index (χ1v) is 6.46. The molecule has 1 aromatic heterocycles. The number of rotatable bonds is 3. The van der Waals surface area contributed by atoms with Crippen LogP contribution in [0.3, 0.4) is 0 Å². The van der Waals surface area contributed by atoms with Crippen molar-refractivity contribution in [3.8, 4) is 0 Å². The second kappa shape index (κ2) is 5.16. The molecule has 0 bridgehead atoms. The van der Waals surface area contributed by atoms with Crippen LogP contribution in [-0.4, -0.2) is 40.0 Å². The Labute approximate surface area is 118 Å². The minimum Gasteiger partial charge on any atom is -0.400 e. The van der Waals surface area contributed by atoms with Gasteiger partial charge in [0.05, 0.1) is 29.7 Å². The largest absolute Gasteiger partial charge is 0.492 e. The van der Waals surface area contributed by atoms with Crippen LogP contribution in [0.4, 0.5) is 0 Å². The third kappa shape index (κ3) is 2.70. The highest BCUT2D eigenvalue weighted by Gasteiger charge is 2.52. The van der Waals surface area contributed by atoms with E-state index in [-0.39, 0.29) is 12.2 Å². The van der Waals surface area contributed by atoms with E-state index in [0.717, 1.165) is 0 Å². The minimum absolute atomic E-state index is 0.259. The Morgan fingerprint density at radius 3 is 2.50 bits per heavy atom. The van der Waals surface area contributed by atoms with Crippen molar-refractivity contribution in [1.82, 2.24) is 9.97 Å². The van der Waals surface area contributed by atoms with Crippen molar-refractivity contribution >= 4 is 13.2 Å². The van der Waals surface area contributed by atoms with Crippen molar-refractivity contribution in [3.63, 3.8) is 0 Å². The molecule has 0 aromatic carbocycles. The number of nitrogens with zero attached hydrogens (tertiary/aromatic N) is 1.